The highest BCUT2D eigenvalue weighted by Gasteiger charge is 2.05. The highest BCUT2D eigenvalue weighted by atomic mass is 16.5. The number of nitrogens with two attached hydrogens (primary N) is 1. The largest absolute Gasteiger partial charge is 0.462 e. The van der Waals surface area contributed by atoms with Crippen LogP contribution in [0.2, 0.25) is 0 Å². The molecule has 0 saturated carbocycles. The number of hydrogen-bond donors (Lipinski definition) is 1. The van der Waals surface area contributed by atoms with E-state index in [-0.39, 0.29) is 5.97 Å². The Kier molecular flexibility index (Phi) is 5.26. The summed E-state index contributed by atoms with van der Waals surface area (Å²) < 4.78 is 4.95. The highest BCUT2D eigenvalue weighted by molar-refractivity contribution is 5.89. The maximum absolute atomic E-state index is 11.5. The van der Waals surface area contributed by atoms with Crippen LogP contribution < -0.4 is 5.32 Å². The van der Waals surface area contributed by atoms with Crippen LogP contribution in [-0.2, 0) is 17.8 Å². The predicted octanol–water partition coefficient (Wildman–Crippen LogP) is 1.52. The number of nitrogens with zero attached hydrogens (tertiary/aromatic N) is 1. The number of rotatable bonds is 6. The van der Waals surface area contributed by atoms with E-state index in [1.807, 2.05) is 36.4 Å². The zero-order chi connectivity index (χ0) is 14.2. The second kappa shape index (κ2) is 7.40. The molecule has 1 aromatic heterocycles. The summed E-state index contributed by atoms with van der Waals surface area (Å²) in [5, 5.41) is 2.22. The minimum Gasteiger partial charge on any atom is -0.462 e. The Labute approximate surface area is 118 Å². The Bertz CT molecular complexity index is 538. The van der Waals surface area contributed by atoms with E-state index < -0.39 is 0 Å². The summed E-state index contributed by atoms with van der Waals surface area (Å²) in [6, 6.07) is 11.6. The molecule has 0 aliphatic rings. The first-order valence-corrected chi connectivity index (χ1v) is 6.76. The van der Waals surface area contributed by atoms with Gasteiger partial charge in [-0.2, -0.15) is 0 Å². The molecule has 1 aromatic carbocycles. The topological polar surface area (TPSA) is 55.8 Å². The number of benzene rings is 1. The molecular formula is C16H19N2O2+. The molecule has 2 N–H and O–H groups in total. The van der Waals surface area contributed by atoms with Crippen LogP contribution in [0.4, 0.5) is 0 Å². The van der Waals surface area contributed by atoms with Gasteiger partial charge in [0, 0.05) is 23.5 Å². The van der Waals surface area contributed by atoms with E-state index in [1.165, 1.54) is 11.1 Å². The van der Waals surface area contributed by atoms with Gasteiger partial charge in [-0.1, -0.05) is 12.1 Å². The molecular weight excluding hydrogens is 252 g/mol. The van der Waals surface area contributed by atoms with Gasteiger partial charge in [0.15, 0.2) is 0 Å². The fraction of sp³-hybridized carbons (Fsp3) is 0.250. The van der Waals surface area contributed by atoms with E-state index in [0.717, 1.165) is 13.1 Å². The third-order valence-electron chi connectivity index (χ3n) is 2.97. The van der Waals surface area contributed by atoms with Gasteiger partial charge >= 0.3 is 5.97 Å². The number of carbonyl (C=O) groups excluding carboxylic acids is 1. The van der Waals surface area contributed by atoms with Crippen LogP contribution in [0.1, 0.15) is 28.4 Å². The van der Waals surface area contributed by atoms with Crippen molar-refractivity contribution in [3.05, 3.63) is 65.5 Å². The first-order chi connectivity index (χ1) is 9.79. The number of hydrogen-bond acceptors (Lipinski definition) is 3. The van der Waals surface area contributed by atoms with Crippen molar-refractivity contribution in [2.75, 3.05) is 6.61 Å². The third kappa shape index (κ3) is 4.17. The van der Waals surface area contributed by atoms with E-state index in [2.05, 4.69) is 10.3 Å². The molecule has 0 bridgehead atoms. The molecule has 4 heteroatoms. The minimum atomic E-state index is -0.264. The maximum atomic E-state index is 11.5. The molecule has 2 rings (SSSR count). The lowest BCUT2D eigenvalue weighted by molar-refractivity contribution is -0.686. The first-order valence-electron chi connectivity index (χ1n) is 6.76. The van der Waals surface area contributed by atoms with E-state index in [0.29, 0.717) is 12.2 Å². The van der Waals surface area contributed by atoms with Crippen LogP contribution in [-0.4, -0.2) is 17.6 Å². The standard InChI is InChI=1S/C16H18N2O2/c1-2-20-16(19)15-5-3-13(4-6-15)11-18-12-14-7-9-17-10-8-14/h3-10,18H,2,11-12H2,1H3/p+1. The molecule has 0 aliphatic carbocycles. The Morgan fingerprint density at radius 2 is 1.65 bits per heavy atom. The molecule has 0 fully saturated rings. The van der Waals surface area contributed by atoms with Gasteiger partial charge in [0.2, 0.25) is 0 Å². The van der Waals surface area contributed by atoms with Crippen LogP contribution in [0, 0.1) is 0 Å². The summed E-state index contributed by atoms with van der Waals surface area (Å²) in [5.74, 6) is -0.264. The van der Waals surface area contributed by atoms with Crippen LogP contribution in [0.3, 0.4) is 0 Å². The predicted molar refractivity (Wildman–Crippen MR) is 76.0 cm³/mol. The summed E-state index contributed by atoms with van der Waals surface area (Å²) in [4.78, 5) is 15.5. The summed E-state index contributed by atoms with van der Waals surface area (Å²) in [6.07, 6.45) is 3.61. The minimum absolute atomic E-state index is 0.264. The second-order valence-electron chi connectivity index (χ2n) is 4.47. The van der Waals surface area contributed by atoms with E-state index in [1.54, 1.807) is 19.3 Å². The van der Waals surface area contributed by atoms with Crippen molar-refractivity contribution in [3.63, 3.8) is 0 Å². The molecule has 4 nitrogen and oxygen atoms in total. The molecule has 2 aromatic rings. The molecule has 0 aliphatic heterocycles. The van der Waals surface area contributed by atoms with Crippen molar-refractivity contribution in [3.8, 4) is 0 Å². The van der Waals surface area contributed by atoms with Crippen molar-refractivity contribution >= 4 is 5.97 Å². The quantitative estimate of drug-likeness (QED) is 0.810. The smallest absolute Gasteiger partial charge is 0.338 e. The maximum Gasteiger partial charge on any atom is 0.338 e. The van der Waals surface area contributed by atoms with Crippen molar-refractivity contribution in [1.29, 1.82) is 0 Å². The molecule has 104 valence electrons. The molecule has 0 amide bonds. The fourth-order valence-electron chi connectivity index (χ4n) is 1.92. The van der Waals surface area contributed by atoms with Gasteiger partial charge in [-0.15, -0.1) is 0 Å². The fourth-order valence-corrected chi connectivity index (χ4v) is 1.92. The lowest BCUT2D eigenvalue weighted by atomic mass is 10.1. The molecule has 0 saturated heterocycles. The van der Waals surface area contributed by atoms with Gasteiger partial charge < -0.3 is 10.1 Å². The summed E-state index contributed by atoms with van der Waals surface area (Å²) in [7, 11) is 0. The van der Waals surface area contributed by atoms with E-state index in [4.69, 9.17) is 4.74 Å². The first kappa shape index (κ1) is 14.2. The number of aromatic nitrogens is 1. The van der Waals surface area contributed by atoms with Crippen molar-refractivity contribution in [2.24, 2.45) is 0 Å². The zero-order valence-corrected chi connectivity index (χ0v) is 11.6. The van der Waals surface area contributed by atoms with Crippen LogP contribution in [0.15, 0.2) is 48.8 Å². The Morgan fingerprint density at radius 3 is 2.25 bits per heavy atom. The van der Waals surface area contributed by atoms with E-state index in [9.17, 15) is 4.79 Å². The van der Waals surface area contributed by atoms with Crippen LogP contribution in [0.25, 0.3) is 0 Å². The van der Waals surface area contributed by atoms with Gasteiger partial charge in [0.25, 0.3) is 0 Å². The zero-order valence-electron chi connectivity index (χ0n) is 11.6. The van der Waals surface area contributed by atoms with Crippen molar-refractivity contribution in [1.82, 2.24) is 4.98 Å². The van der Waals surface area contributed by atoms with Gasteiger partial charge in [0.05, 0.1) is 12.2 Å². The molecule has 0 atom stereocenters. The van der Waals surface area contributed by atoms with Gasteiger partial charge in [-0.3, -0.25) is 4.98 Å². The number of pyridine rings is 1. The lowest BCUT2D eigenvalue weighted by Gasteiger charge is -2.04. The number of esters is 1. The molecule has 20 heavy (non-hydrogen) atoms. The Hall–Kier alpha value is -2.20. The molecule has 0 unspecified atom stereocenters. The number of carbonyl (C=O) groups is 1. The van der Waals surface area contributed by atoms with E-state index >= 15 is 0 Å². The summed E-state index contributed by atoms with van der Waals surface area (Å²) >= 11 is 0. The number of quaternary nitrogens is 1. The Balaban J connectivity index is 1.83. The van der Waals surface area contributed by atoms with Gasteiger partial charge in [-0.25, -0.2) is 4.79 Å². The van der Waals surface area contributed by atoms with Crippen LogP contribution >= 0.6 is 0 Å². The summed E-state index contributed by atoms with van der Waals surface area (Å²) in [5.41, 5.74) is 3.04. The van der Waals surface area contributed by atoms with Gasteiger partial charge in [-0.05, 0) is 31.2 Å². The van der Waals surface area contributed by atoms with Crippen molar-refractivity contribution in [2.45, 2.75) is 20.0 Å². The monoisotopic (exact) mass is 271 g/mol. The van der Waals surface area contributed by atoms with Crippen LogP contribution in [0.5, 0.6) is 0 Å². The highest BCUT2D eigenvalue weighted by Crippen LogP contribution is 2.05. The molecule has 0 radical (unpaired) electrons. The number of ether oxygens (including phenoxy) is 1. The van der Waals surface area contributed by atoms with Gasteiger partial charge in [0.1, 0.15) is 13.1 Å². The molecule has 0 spiro atoms. The SMILES string of the molecule is CCOC(=O)c1ccc(C[NH2+]Cc2ccncc2)cc1. The average molecular weight is 271 g/mol. The van der Waals surface area contributed by atoms with Crippen molar-refractivity contribution < 1.29 is 14.8 Å². The second-order valence-corrected chi connectivity index (χ2v) is 4.47. The average Bonchev–Trinajstić information content (AvgIpc) is 2.49. The Morgan fingerprint density at radius 1 is 1.05 bits per heavy atom. The third-order valence-corrected chi connectivity index (χ3v) is 2.97. The normalized spacial score (nSPS) is 10.2. The summed E-state index contributed by atoms with van der Waals surface area (Å²) in [6.45, 7) is 4.01. The lowest BCUT2D eigenvalue weighted by Crippen LogP contribution is -2.80. The molecule has 1 heterocycles.